The van der Waals surface area contributed by atoms with Crippen molar-refractivity contribution < 1.29 is 23.1 Å². The Kier molecular flexibility index (Phi) is 4.23. The molecule has 1 N–H and O–H groups in total. The summed E-state index contributed by atoms with van der Waals surface area (Å²) in [6, 6.07) is 7.64. The molecule has 0 fully saturated rings. The number of aromatic nitrogens is 2. The molecule has 1 atom stereocenters. The average Bonchev–Trinajstić information content (AvgIpc) is 2.86. The molecule has 0 spiro atoms. The van der Waals surface area contributed by atoms with Crippen molar-refractivity contribution in [2.75, 3.05) is 4.90 Å². The molecule has 6 nitrogen and oxygen atoms in total. The molecule has 1 aromatic heterocycles. The Bertz CT molecular complexity index is 1220. The molecule has 0 aliphatic carbocycles. The Morgan fingerprint density at radius 1 is 1.21 bits per heavy atom. The highest BCUT2D eigenvalue weighted by Crippen LogP contribution is 2.47. The van der Waals surface area contributed by atoms with Gasteiger partial charge in [0.15, 0.2) is 0 Å². The lowest BCUT2D eigenvalue weighted by Crippen LogP contribution is -2.36. The van der Waals surface area contributed by atoms with Crippen LogP contribution in [-0.4, -0.2) is 20.6 Å². The fraction of sp³-hybridized carbons (Fsp3) is 0.250. The second-order valence-corrected chi connectivity index (χ2v) is 6.94. The third-order valence-electron chi connectivity index (χ3n) is 5.07. The van der Waals surface area contributed by atoms with Gasteiger partial charge in [-0.25, -0.2) is 9.37 Å². The highest BCUT2D eigenvalue weighted by atomic mass is 19.3. The molecule has 0 saturated carbocycles. The number of benzene rings is 2. The number of carbonyl (C=O) groups is 1. The second-order valence-electron chi connectivity index (χ2n) is 6.94. The van der Waals surface area contributed by atoms with E-state index >= 15 is 0 Å². The zero-order valence-corrected chi connectivity index (χ0v) is 15.5. The van der Waals surface area contributed by atoms with E-state index in [0.717, 1.165) is 21.6 Å². The van der Waals surface area contributed by atoms with Crippen LogP contribution in [0.1, 0.15) is 30.0 Å². The molecule has 29 heavy (non-hydrogen) atoms. The third kappa shape index (κ3) is 2.80. The molecule has 0 unspecified atom stereocenters. The van der Waals surface area contributed by atoms with Crippen molar-refractivity contribution in [3.05, 3.63) is 69.5 Å². The Morgan fingerprint density at radius 3 is 2.62 bits per heavy atom. The van der Waals surface area contributed by atoms with Gasteiger partial charge in [-0.3, -0.25) is 19.1 Å². The lowest BCUT2D eigenvalue weighted by atomic mass is 9.99. The van der Waals surface area contributed by atoms with E-state index in [1.807, 2.05) is 0 Å². The van der Waals surface area contributed by atoms with Gasteiger partial charge in [0.2, 0.25) is 0 Å². The van der Waals surface area contributed by atoms with Crippen molar-refractivity contribution in [3.63, 3.8) is 0 Å². The zero-order valence-electron chi connectivity index (χ0n) is 15.5. The number of fused-ring (bicyclic) bond motifs is 2. The summed E-state index contributed by atoms with van der Waals surface area (Å²) in [5.41, 5.74) is -1.09. The number of anilines is 1. The summed E-state index contributed by atoms with van der Waals surface area (Å²) in [6.45, 7) is 0.921. The standard InChI is InChI=1S/C20H16F3N3O3/c1-10(27)12-4-3-5-15-17(12)20(22,23)19(29)26(15)9-16-24-14-8-11(21)6-7-13(14)18(28)25(16)2/h3-8,10,27H,9H2,1-2H3/t10-/m0/s1. The van der Waals surface area contributed by atoms with E-state index in [2.05, 4.69) is 4.98 Å². The van der Waals surface area contributed by atoms with Gasteiger partial charge < -0.3 is 5.11 Å². The van der Waals surface area contributed by atoms with Crippen LogP contribution in [0.4, 0.5) is 18.9 Å². The highest BCUT2D eigenvalue weighted by Gasteiger charge is 2.54. The first kappa shape index (κ1) is 19.1. The summed E-state index contributed by atoms with van der Waals surface area (Å²) in [5, 5.41) is 10.0. The van der Waals surface area contributed by atoms with Gasteiger partial charge in [0.05, 0.1) is 34.8 Å². The van der Waals surface area contributed by atoms with E-state index in [1.165, 1.54) is 38.2 Å². The maximum absolute atomic E-state index is 14.7. The number of hydrogen-bond acceptors (Lipinski definition) is 4. The van der Waals surface area contributed by atoms with Crippen LogP contribution < -0.4 is 10.5 Å². The summed E-state index contributed by atoms with van der Waals surface area (Å²) in [4.78, 5) is 30.1. The molecule has 9 heteroatoms. The normalized spacial score (nSPS) is 16.3. The second kappa shape index (κ2) is 6.41. The molecule has 1 aliphatic rings. The van der Waals surface area contributed by atoms with Crippen molar-refractivity contribution in [1.82, 2.24) is 9.55 Å². The molecule has 4 rings (SSSR count). The van der Waals surface area contributed by atoms with Crippen LogP contribution in [0.2, 0.25) is 0 Å². The van der Waals surface area contributed by atoms with Gasteiger partial charge in [0, 0.05) is 13.1 Å². The lowest BCUT2D eigenvalue weighted by molar-refractivity contribution is -0.141. The number of hydrogen-bond donors (Lipinski definition) is 1. The van der Waals surface area contributed by atoms with Crippen LogP contribution in [0, 0.1) is 5.82 Å². The Balaban J connectivity index is 1.87. The SMILES string of the molecule is C[C@H](O)c1cccc2c1C(F)(F)C(=O)N2Cc1nc2cc(F)ccc2c(=O)n1C. The molecular weight excluding hydrogens is 387 g/mol. The van der Waals surface area contributed by atoms with Gasteiger partial charge in [0.1, 0.15) is 11.6 Å². The number of nitrogens with zero attached hydrogens (tertiary/aromatic N) is 3. The maximum Gasteiger partial charge on any atom is 0.352 e. The molecule has 1 aliphatic heterocycles. The number of alkyl halides is 2. The number of aliphatic hydroxyl groups excluding tert-OH is 1. The number of halogens is 3. The van der Waals surface area contributed by atoms with Gasteiger partial charge in [-0.2, -0.15) is 8.78 Å². The molecule has 1 amide bonds. The first-order valence-electron chi connectivity index (χ1n) is 8.79. The Labute approximate surface area is 162 Å². The number of aliphatic hydroxyl groups is 1. The van der Waals surface area contributed by atoms with Gasteiger partial charge in [-0.1, -0.05) is 12.1 Å². The van der Waals surface area contributed by atoms with Crippen molar-refractivity contribution in [1.29, 1.82) is 0 Å². The monoisotopic (exact) mass is 403 g/mol. The Hall–Kier alpha value is -3.20. The van der Waals surface area contributed by atoms with E-state index in [4.69, 9.17) is 0 Å². The fourth-order valence-electron chi connectivity index (χ4n) is 3.59. The zero-order chi connectivity index (χ0) is 21.1. The van der Waals surface area contributed by atoms with Crippen LogP contribution in [0.3, 0.4) is 0 Å². The summed E-state index contributed by atoms with van der Waals surface area (Å²) >= 11 is 0. The van der Waals surface area contributed by atoms with Crippen LogP contribution in [0.15, 0.2) is 41.2 Å². The number of rotatable bonds is 3. The van der Waals surface area contributed by atoms with Crippen molar-refractivity contribution in [3.8, 4) is 0 Å². The topological polar surface area (TPSA) is 75.4 Å². The fourth-order valence-corrected chi connectivity index (χ4v) is 3.59. The first-order chi connectivity index (χ1) is 13.6. The van der Waals surface area contributed by atoms with Crippen LogP contribution in [0.5, 0.6) is 0 Å². The third-order valence-corrected chi connectivity index (χ3v) is 5.07. The predicted octanol–water partition coefficient (Wildman–Crippen LogP) is 2.76. The minimum atomic E-state index is -3.83. The van der Waals surface area contributed by atoms with Gasteiger partial charge in [-0.05, 0) is 30.7 Å². The molecule has 3 aromatic rings. The summed E-state index contributed by atoms with van der Waals surface area (Å²) < 4.78 is 44.2. The number of amides is 1. The molecule has 2 heterocycles. The molecule has 0 saturated heterocycles. The van der Waals surface area contributed by atoms with Crippen molar-refractivity contribution in [2.24, 2.45) is 7.05 Å². The van der Waals surface area contributed by atoms with Gasteiger partial charge in [0.25, 0.3) is 5.56 Å². The maximum atomic E-state index is 14.7. The minimum Gasteiger partial charge on any atom is -0.389 e. The lowest BCUT2D eigenvalue weighted by Gasteiger charge is -2.19. The molecular formula is C20H16F3N3O3. The van der Waals surface area contributed by atoms with E-state index in [0.29, 0.717) is 0 Å². The quantitative estimate of drug-likeness (QED) is 0.730. The molecule has 2 aromatic carbocycles. The van der Waals surface area contributed by atoms with Crippen LogP contribution >= 0.6 is 0 Å². The molecule has 0 bridgehead atoms. The summed E-state index contributed by atoms with van der Waals surface area (Å²) in [7, 11) is 1.40. The highest BCUT2D eigenvalue weighted by molar-refractivity contribution is 6.06. The number of carbonyl (C=O) groups excluding carboxylic acids is 1. The Morgan fingerprint density at radius 2 is 1.93 bits per heavy atom. The van der Waals surface area contributed by atoms with Gasteiger partial charge >= 0.3 is 11.8 Å². The van der Waals surface area contributed by atoms with E-state index in [9.17, 15) is 27.9 Å². The molecule has 150 valence electrons. The van der Waals surface area contributed by atoms with Crippen molar-refractivity contribution in [2.45, 2.75) is 25.5 Å². The van der Waals surface area contributed by atoms with Crippen molar-refractivity contribution >= 4 is 22.5 Å². The van der Waals surface area contributed by atoms with Crippen LogP contribution in [-0.2, 0) is 24.3 Å². The average molecular weight is 403 g/mol. The summed E-state index contributed by atoms with van der Waals surface area (Å²) in [5.74, 6) is -5.88. The summed E-state index contributed by atoms with van der Waals surface area (Å²) in [6.07, 6.45) is -1.20. The minimum absolute atomic E-state index is 0.0209. The van der Waals surface area contributed by atoms with Gasteiger partial charge in [-0.15, -0.1) is 0 Å². The molecule has 0 radical (unpaired) electrons. The van der Waals surface area contributed by atoms with Crippen LogP contribution in [0.25, 0.3) is 10.9 Å². The van der Waals surface area contributed by atoms with E-state index in [-0.39, 0.29) is 28.0 Å². The van der Waals surface area contributed by atoms with E-state index in [1.54, 1.807) is 0 Å². The largest absolute Gasteiger partial charge is 0.389 e. The first-order valence-corrected chi connectivity index (χ1v) is 8.79. The smallest absolute Gasteiger partial charge is 0.352 e. The predicted molar refractivity (Wildman–Crippen MR) is 99.1 cm³/mol. The van der Waals surface area contributed by atoms with E-state index < -0.39 is 41.4 Å².